The summed E-state index contributed by atoms with van der Waals surface area (Å²) in [6.45, 7) is 7.22. The average Bonchev–Trinajstić information content (AvgIpc) is 2.05. The molecule has 1 atom stereocenters. The van der Waals surface area contributed by atoms with Gasteiger partial charge < -0.3 is 5.32 Å². The van der Waals surface area contributed by atoms with Crippen LogP contribution in [0.2, 0.25) is 0 Å². The van der Waals surface area contributed by atoms with E-state index in [2.05, 4.69) is 24.4 Å². The van der Waals surface area contributed by atoms with Crippen molar-refractivity contribution in [3.05, 3.63) is 37.0 Å². The van der Waals surface area contributed by atoms with Crippen molar-refractivity contribution >= 4 is 0 Å². The van der Waals surface area contributed by atoms with Gasteiger partial charge in [0.1, 0.15) is 0 Å². The maximum absolute atomic E-state index is 5.25. The molecule has 0 amide bonds. The van der Waals surface area contributed by atoms with E-state index in [0.29, 0.717) is 0 Å². The molecule has 0 bridgehead atoms. The first-order chi connectivity index (χ1) is 5.29. The number of rotatable bonds is 4. The van der Waals surface area contributed by atoms with E-state index < -0.39 is 0 Å². The van der Waals surface area contributed by atoms with E-state index in [1.807, 2.05) is 13.1 Å². The van der Waals surface area contributed by atoms with Crippen LogP contribution in [0.3, 0.4) is 0 Å². The summed E-state index contributed by atoms with van der Waals surface area (Å²) in [6, 6.07) is -0.0644. The minimum Gasteiger partial charge on any atom is -0.303 e. The van der Waals surface area contributed by atoms with Crippen LogP contribution in [0.25, 0.3) is 0 Å². The van der Waals surface area contributed by atoms with E-state index in [1.165, 1.54) is 0 Å². The molecule has 1 heteroatoms. The summed E-state index contributed by atoms with van der Waals surface area (Å²) in [5, 5.41) is 2.96. The van der Waals surface area contributed by atoms with E-state index in [-0.39, 0.29) is 6.04 Å². The Morgan fingerprint density at radius 2 is 2.27 bits per heavy atom. The highest BCUT2D eigenvalue weighted by Gasteiger charge is 2.02. The zero-order valence-electron chi connectivity index (χ0n) is 6.80. The Balaban J connectivity index is 4.49. The largest absolute Gasteiger partial charge is 0.303 e. The van der Waals surface area contributed by atoms with Crippen molar-refractivity contribution in [1.29, 1.82) is 0 Å². The molecular weight excluding hydrogens is 134 g/mol. The third-order valence-electron chi connectivity index (χ3n) is 1.33. The number of terminal acetylenes is 1. The van der Waals surface area contributed by atoms with E-state index >= 15 is 0 Å². The van der Waals surface area contributed by atoms with Crippen molar-refractivity contribution in [3.63, 3.8) is 0 Å². The van der Waals surface area contributed by atoms with Crippen LogP contribution >= 0.6 is 0 Å². The molecule has 0 spiro atoms. The van der Waals surface area contributed by atoms with Crippen molar-refractivity contribution in [3.8, 4) is 12.3 Å². The molecule has 0 aliphatic rings. The Kier molecular flexibility index (Phi) is 4.89. The highest BCUT2D eigenvalue weighted by molar-refractivity contribution is 5.32. The summed E-state index contributed by atoms with van der Waals surface area (Å²) in [4.78, 5) is 0. The van der Waals surface area contributed by atoms with Gasteiger partial charge in [-0.2, -0.15) is 0 Å². The molecule has 0 aliphatic heterocycles. The Morgan fingerprint density at radius 1 is 1.64 bits per heavy atom. The molecule has 58 valence electrons. The summed E-state index contributed by atoms with van der Waals surface area (Å²) in [5.74, 6) is 2.59. The third kappa shape index (κ3) is 2.88. The molecule has 1 nitrogen and oxygen atoms in total. The van der Waals surface area contributed by atoms with Crippen LogP contribution < -0.4 is 5.32 Å². The second-order valence-corrected chi connectivity index (χ2v) is 1.99. The van der Waals surface area contributed by atoms with Crippen molar-refractivity contribution in [2.24, 2.45) is 0 Å². The summed E-state index contributed by atoms with van der Waals surface area (Å²) < 4.78 is 0. The van der Waals surface area contributed by atoms with Gasteiger partial charge >= 0.3 is 0 Å². The Morgan fingerprint density at radius 3 is 2.55 bits per heavy atom. The van der Waals surface area contributed by atoms with Crippen LogP contribution in [-0.2, 0) is 0 Å². The molecule has 1 unspecified atom stereocenters. The van der Waals surface area contributed by atoms with Gasteiger partial charge in [-0.05, 0) is 12.6 Å². The van der Waals surface area contributed by atoms with Crippen LogP contribution in [0.1, 0.15) is 0 Å². The quantitative estimate of drug-likeness (QED) is 0.469. The Labute approximate surface area is 68.5 Å². The molecule has 1 N–H and O–H groups in total. The van der Waals surface area contributed by atoms with Crippen molar-refractivity contribution in [1.82, 2.24) is 5.32 Å². The lowest BCUT2D eigenvalue weighted by Gasteiger charge is -2.08. The van der Waals surface area contributed by atoms with Crippen molar-refractivity contribution < 1.29 is 0 Å². The van der Waals surface area contributed by atoms with Gasteiger partial charge in [0.2, 0.25) is 0 Å². The number of allylic oxidation sites excluding steroid dienone is 2. The molecule has 0 saturated carbocycles. The fourth-order valence-electron chi connectivity index (χ4n) is 0.764. The zero-order chi connectivity index (χ0) is 8.69. The summed E-state index contributed by atoms with van der Waals surface area (Å²) in [6.07, 6.45) is 10.5. The monoisotopic (exact) mass is 147 g/mol. The van der Waals surface area contributed by atoms with Crippen LogP contribution in [0, 0.1) is 12.3 Å². The SMILES string of the molecule is C#CC(NC)/C(C=C)=C/C=C. The van der Waals surface area contributed by atoms with Crippen molar-refractivity contribution in [2.45, 2.75) is 6.04 Å². The van der Waals surface area contributed by atoms with Crippen LogP contribution in [0.15, 0.2) is 37.0 Å². The minimum absolute atomic E-state index is 0.0644. The van der Waals surface area contributed by atoms with Gasteiger partial charge in [0, 0.05) is 0 Å². The van der Waals surface area contributed by atoms with E-state index in [9.17, 15) is 0 Å². The van der Waals surface area contributed by atoms with Gasteiger partial charge in [-0.1, -0.05) is 37.3 Å². The molecule has 0 radical (unpaired) electrons. The summed E-state index contributed by atoms with van der Waals surface area (Å²) in [5.41, 5.74) is 0.963. The van der Waals surface area contributed by atoms with E-state index in [0.717, 1.165) is 5.57 Å². The Hall–Kier alpha value is -1.26. The molecule has 0 aliphatic carbocycles. The maximum Gasteiger partial charge on any atom is 0.0940 e. The molecule has 11 heavy (non-hydrogen) atoms. The van der Waals surface area contributed by atoms with E-state index in [1.54, 1.807) is 12.2 Å². The van der Waals surface area contributed by atoms with Crippen LogP contribution in [-0.4, -0.2) is 13.1 Å². The van der Waals surface area contributed by atoms with Gasteiger partial charge in [0.05, 0.1) is 6.04 Å². The lowest BCUT2D eigenvalue weighted by molar-refractivity contribution is 0.787. The lowest BCUT2D eigenvalue weighted by Crippen LogP contribution is -2.24. The molecule has 0 heterocycles. The van der Waals surface area contributed by atoms with E-state index in [4.69, 9.17) is 6.42 Å². The fraction of sp³-hybridized carbons (Fsp3) is 0.200. The predicted octanol–water partition coefficient (Wildman–Crippen LogP) is 1.51. The number of nitrogens with one attached hydrogen (secondary N) is 1. The van der Waals surface area contributed by atoms with Crippen LogP contribution in [0.5, 0.6) is 0 Å². The molecule has 0 rings (SSSR count). The second-order valence-electron chi connectivity index (χ2n) is 1.99. The lowest BCUT2D eigenvalue weighted by atomic mass is 10.1. The predicted molar refractivity (Wildman–Crippen MR) is 50.2 cm³/mol. The first kappa shape index (κ1) is 9.74. The number of likely N-dealkylation sites (N-methyl/N-ethyl adjacent to an activating group) is 1. The maximum atomic E-state index is 5.25. The second kappa shape index (κ2) is 5.52. The normalized spacial score (nSPS) is 13.3. The first-order valence-electron chi connectivity index (χ1n) is 3.38. The zero-order valence-corrected chi connectivity index (χ0v) is 6.80. The van der Waals surface area contributed by atoms with Crippen LogP contribution in [0.4, 0.5) is 0 Å². The molecule has 0 aromatic rings. The minimum atomic E-state index is -0.0644. The third-order valence-corrected chi connectivity index (χ3v) is 1.33. The topological polar surface area (TPSA) is 12.0 Å². The summed E-state index contributed by atoms with van der Waals surface area (Å²) in [7, 11) is 1.81. The molecular formula is C10H13N. The molecule has 0 fully saturated rings. The van der Waals surface area contributed by atoms with Gasteiger partial charge in [-0.3, -0.25) is 0 Å². The highest BCUT2D eigenvalue weighted by atomic mass is 14.9. The van der Waals surface area contributed by atoms with Gasteiger partial charge in [-0.25, -0.2) is 0 Å². The first-order valence-corrected chi connectivity index (χ1v) is 3.38. The standard InChI is InChI=1S/C10H13N/c1-5-8-9(6-2)10(7-3)11-4/h3,5-6,8,10-11H,1-2H2,4H3/b9-8+. The smallest absolute Gasteiger partial charge is 0.0940 e. The highest BCUT2D eigenvalue weighted by Crippen LogP contribution is 2.01. The summed E-state index contributed by atoms with van der Waals surface area (Å²) >= 11 is 0. The van der Waals surface area contributed by atoms with Crippen molar-refractivity contribution in [2.75, 3.05) is 7.05 Å². The van der Waals surface area contributed by atoms with Gasteiger partial charge in [0.15, 0.2) is 0 Å². The molecule has 0 aromatic heterocycles. The molecule has 0 saturated heterocycles. The average molecular weight is 147 g/mol. The number of hydrogen-bond donors (Lipinski definition) is 1. The number of hydrogen-bond acceptors (Lipinski definition) is 1. The fourth-order valence-corrected chi connectivity index (χ4v) is 0.764. The molecule has 0 aromatic carbocycles. The van der Waals surface area contributed by atoms with Gasteiger partial charge in [-0.15, -0.1) is 6.42 Å². The Bertz CT molecular complexity index is 205. The van der Waals surface area contributed by atoms with Gasteiger partial charge in [0.25, 0.3) is 0 Å².